The molecule has 1 unspecified atom stereocenters. The zero-order valence-corrected chi connectivity index (χ0v) is 11.9. The number of halogens is 12. The van der Waals surface area contributed by atoms with E-state index in [1.165, 1.54) is 0 Å². The summed E-state index contributed by atoms with van der Waals surface area (Å²) in [6, 6.07) is 0. The van der Waals surface area contributed by atoms with Crippen LogP contribution in [-0.2, 0) is 16.1 Å². The average molecular weight is 432 g/mol. The lowest BCUT2D eigenvalue weighted by atomic mass is 10.2. The Labute approximate surface area is 138 Å². The van der Waals surface area contributed by atoms with Crippen molar-refractivity contribution in [2.45, 2.75) is 43.2 Å². The minimum Gasteiger partial charge on any atom is -0.399 e. The lowest BCUT2D eigenvalue weighted by Crippen LogP contribution is -2.63. The minimum absolute atomic E-state index is 0.195. The van der Waals surface area contributed by atoms with Crippen molar-refractivity contribution in [2.24, 2.45) is 0 Å². The van der Waals surface area contributed by atoms with Crippen LogP contribution in [0, 0.1) is 0 Å². The molecule has 0 bridgehead atoms. The summed E-state index contributed by atoms with van der Waals surface area (Å²) in [6.07, 6.45) is -32.4. The van der Waals surface area contributed by atoms with E-state index in [1.807, 2.05) is 0 Å². The first-order valence-electron chi connectivity index (χ1n) is 5.97. The van der Waals surface area contributed by atoms with Crippen molar-refractivity contribution in [3.8, 4) is 0 Å². The molecule has 0 saturated heterocycles. The quantitative estimate of drug-likeness (QED) is 0.635. The molecule has 0 aliphatic rings. The molecule has 27 heavy (non-hydrogen) atoms. The molecule has 1 aromatic heterocycles. The van der Waals surface area contributed by atoms with E-state index < -0.39 is 54.8 Å². The Hall–Kier alpha value is -1.91. The molecule has 0 fully saturated rings. The Morgan fingerprint density at radius 3 is 1.70 bits per heavy atom. The molecule has 0 aromatic carbocycles. The molecule has 1 heterocycles. The van der Waals surface area contributed by atoms with E-state index in [0.29, 0.717) is 0 Å². The molecule has 0 radical (unpaired) electrons. The SMILES string of the molecule is O=c1occ(COC(F)(F)C(F)(OC(C(F)(F)F)C(F)(F)F)C(F)(F)F)o1. The Morgan fingerprint density at radius 1 is 0.889 bits per heavy atom. The highest BCUT2D eigenvalue weighted by Crippen LogP contribution is 2.51. The van der Waals surface area contributed by atoms with E-state index in [4.69, 9.17) is 0 Å². The van der Waals surface area contributed by atoms with Crippen molar-refractivity contribution in [1.82, 2.24) is 0 Å². The van der Waals surface area contributed by atoms with Crippen molar-refractivity contribution in [1.29, 1.82) is 0 Å². The van der Waals surface area contributed by atoms with Crippen LogP contribution in [0.1, 0.15) is 5.76 Å². The van der Waals surface area contributed by atoms with Crippen LogP contribution >= 0.6 is 0 Å². The van der Waals surface area contributed by atoms with Gasteiger partial charge in [0.2, 0.25) is 0 Å². The lowest BCUT2D eigenvalue weighted by molar-refractivity contribution is -0.493. The van der Waals surface area contributed by atoms with Gasteiger partial charge in [0.1, 0.15) is 12.9 Å². The third-order valence-corrected chi connectivity index (χ3v) is 2.51. The predicted octanol–water partition coefficient (Wildman–Crippen LogP) is 4.08. The minimum atomic E-state index is -7.12. The van der Waals surface area contributed by atoms with Crippen LogP contribution in [0.25, 0.3) is 0 Å². The maximum atomic E-state index is 13.8. The van der Waals surface area contributed by atoms with E-state index in [2.05, 4.69) is 18.3 Å². The standard InChI is InChI=1S/C10H4F12O5/c11-6(12,13)4(7(14,15)16)27-8(17,9(18,19)20)10(21,22)25-2-3-1-24-5(23)26-3/h1,4H,2H2. The van der Waals surface area contributed by atoms with Crippen LogP contribution in [0.2, 0.25) is 0 Å². The molecular weight excluding hydrogens is 428 g/mol. The third-order valence-electron chi connectivity index (χ3n) is 2.51. The van der Waals surface area contributed by atoms with Crippen LogP contribution in [0.15, 0.2) is 19.9 Å². The molecule has 0 aliphatic carbocycles. The maximum Gasteiger partial charge on any atom is 0.518 e. The van der Waals surface area contributed by atoms with Gasteiger partial charge in [0.25, 0.3) is 6.10 Å². The molecule has 0 amide bonds. The van der Waals surface area contributed by atoms with Crippen molar-refractivity contribution < 1.29 is 71.0 Å². The van der Waals surface area contributed by atoms with Gasteiger partial charge in [-0.1, -0.05) is 0 Å². The number of ether oxygens (including phenoxy) is 2. The summed E-state index contributed by atoms with van der Waals surface area (Å²) in [5.41, 5.74) is 0. The van der Waals surface area contributed by atoms with Gasteiger partial charge in [-0.05, 0) is 0 Å². The fourth-order valence-electron chi connectivity index (χ4n) is 1.37. The summed E-state index contributed by atoms with van der Waals surface area (Å²) in [4.78, 5) is 10.4. The van der Waals surface area contributed by atoms with Crippen molar-refractivity contribution in [3.63, 3.8) is 0 Å². The van der Waals surface area contributed by atoms with Gasteiger partial charge in [-0.25, -0.2) is 4.79 Å². The first-order chi connectivity index (χ1) is 11.8. The van der Waals surface area contributed by atoms with E-state index in [-0.39, 0.29) is 6.26 Å². The molecular formula is C10H4F12O5. The Morgan fingerprint density at radius 2 is 1.37 bits per heavy atom. The number of hydrogen-bond donors (Lipinski definition) is 0. The second-order valence-corrected chi connectivity index (χ2v) is 4.53. The van der Waals surface area contributed by atoms with E-state index in [0.717, 1.165) is 0 Å². The summed E-state index contributed by atoms with van der Waals surface area (Å²) in [7, 11) is 0. The summed E-state index contributed by atoms with van der Waals surface area (Å²) >= 11 is 0. The van der Waals surface area contributed by atoms with Crippen molar-refractivity contribution in [3.05, 3.63) is 22.6 Å². The zero-order chi connectivity index (χ0) is 21.5. The molecule has 1 atom stereocenters. The van der Waals surface area contributed by atoms with Gasteiger partial charge in [0.15, 0.2) is 5.76 Å². The Bertz CT molecular complexity index is 668. The van der Waals surface area contributed by atoms with Gasteiger partial charge in [-0.15, -0.1) is 0 Å². The van der Waals surface area contributed by atoms with Crippen LogP contribution in [0.3, 0.4) is 0 Å². The zero-order valence-electron chi connectivity index (χ0n) is 11.9. The molecule has 5 nitrogen and oxygen atoms in total. The van der Waals surface area contributed by atoms with Crippen LogP contribution in [0.4, 0.5) is 52.7 Å². The highest BCUT2D eigenvalue weighted by molar-refractivity contribution is 4.92. The first-order valence-corrected chi connectivity index (χ1v) is 5.97. The second kappa shape index (κ2) is 6.92. The third kappa shape index (κ3) is 5.08. The number of rotatable bonds is 6. The van der Waals surface area contributed by atoms with E-state index in [9.17, 15) is 57.5 Å². The van der Waals surface area contributed by atoms with Crippen LogP contribution in [0.5, 0.6) is 0 Å². The summed E-state index contributed by atoms with van der Waals surface area (Å²) in [5, 5.41) is 0. The van der Waals surface area contributed by atoms with Gasteiger partial charge < -0.3 is 18.3 Å². The molecule has 17 heteroatoms. The van der Waals surface area contributed by atoms with Gasteiger partial charge in [0, 0.05) is 0 Å². The maximum absolute atomic E-state index is 13.8. The van der Waals surface area contributed by atoms with Gasteiger partial charge in [-0.2, -0.15) is 52.7 Å². The fourth-order valence-corrected chi connectivity index (χ4v) is 1.37. The molecule has 1 aromatic rings. The van der Waals surface area contributed by atoms with E-state index >= 15 is 0 Å². The van der Waals surface area contributed by atoms with Crippen molar-refractivity contribution in [2.75, 3.05) is 0 Å². The highest BCUT2D eigenvalue weighted by Gasteiger charge is 2.78. The lowest BCUT2D eigenvalue weighted by Gasteiger charge is -2.36. The van der Waals surface area contributed by atoms with Gasteiger partial charge in [0.05, 0.1) is 0 Å². The van der Waals surface area contributed by atoms with E-state index in [1.54, 1.807) is 0 Å². The van der Waals surface area contributed by atoms with Gasteiger partial charge >= 0.3 is 36.3 Å². The average Bonchev–Trinajstić information content (AvgIpc) is 2.84. The van der Waals surface area contributed by atoms with Crippen LogP contribution in [-0.4, -0.2) is 36.6 Å². The monoisotopic (exact) mass is 432 g/mol. The Balaban J connectivity index is 3.25. The normalized spacial score (nSPS) is 16.6. The summed E-state index contributed by atoms with van der Waals surface area (Å²) < 4.78 is 165. The molecule has 0 saturated carbocycles. The largest absolute Gasteiger partial charge is 0.518 e. The number of alkyl halides is 12. The molecule has 0 aliphatic heterocycles. The van der Waals surface area contributed by atoms with Crippen molar-refractivity contribution >= 4 is 0 Å². The Kier molecular flexibility index (Phi) is 5.93. The first kappa shape index (κ1) is 23.1. The summed E-state index contributed by atoms with van der Waals surface area (Å²) in [5.74, 6) is -9.56. The molecule has 0 N–H and O–H groups in total. The van der Waals surface area contributed by atoms with Gasteiger partial charge in [-0.3, -0.25) is 0 Å². The molecule has 158 valence electrons. The summed E-state index contributed by atoms with van der Waals surface area (Å²) in [6.45, 7) is -1.91. The second-order valence-electron chi connectivity index (χ2n) is 4.53. The fraction of sp³-hybridized carbons (Fsp3) is 0.700. The number of hydrogen-bond acceptors (Lipinski definition) is 5. The van der Waals surface area contributed by atoms with Crippen LogP contribution < -0.4 is 5.82 Å². The topological polar surface area (TPSA) is 61.8 Å². The molecule has 0 spiro atoms. The smallest absolute Gasteiger partial charge is 0.399 e. The molecule has 1 rings (SSSR count). The highest BCUT2D eigenvalue weighted by atomic mass is 19.4. The predicted molar refractivity (Wildman–Crippen MR) is 53.9 cm³/mol.